The summed E-state index contributed by atoms with van der Waals surface area (Å²) >= 11 is 0. The van der Waals surface area contributed by atoms with E-state index in [1.165, 1.54) is 25.3 Å². The molecule has 1 amide bonds. The van der Waals surface area contributed by atoms with Crippen molar-refractivity contribution in [3.63, 3.8) is 0 Å². The maximum absolute atomic E-state index is 14.5. The Morgan fingerprint density at radius 2 is 1.84 bits per heavy atom. The van der Waals surface area contributed by atoms with Crippen molar-refractivity contribution in [3.05, 3.63) is 66.5 Å². The Morgan fingerprint density at radius 3 is 2.44 bits per heavy atom. The third-order valence-corrected chi connectivity index (χ3v) is 4.95. The van der Waals surface area contributed by atoms with Gasteiger partial charge in [0.05, 0.1) is 24.3 Å². The Bertz CT molecular complexity index is 1240. The zero-order valence-electron chi connectivity index (χ0n) is 17.0. The van der Waals surface area contributed by atoms with Crippen LogP contribution in [0.3, 0.4) is 0 Å². The van der Waals surface area contributed by atoms with E-state index in [4.69, 9.17) is 9.47 Å². The molecule has 8 nitrogen and oxygen atoms in total. The zero-order chi connectivity index (χ0) is 22.9. The van der Waals surface area contributed by atoms with Crippen LogP contribution < -0.4 is 10.1 Å². The highest BCUT2D eigenvalue weighted by molar-refractivity contribution is 5.94. The summed E-state index contributed by atoms with van der Waals surface area (Å²) in [6, 6.07) is 11.8. The number of carbonyl (C=O) groups is 1. The van der Waals surface area contributed by atoms with E-state index in [0.29, 0.717) is 10.1 Å². The molecule has 0 aliphatic carbocycles. The predicted octanol–water partition coefficient (Wildman–Crippen LogP) is 3.68. The van der Waals surface area contributed by atoms with Crippen LogP contribution in [0.2, 0.25) is 0 Å². The van der Waals surface area contributed by atoms with E-state index >= 15 is 0 Å². The molecule has 2 heterocycles. The molecule has 2 aromatic heterocycles. The Morgan fingerprint density at radius 1 is 1.09 bits per heavy atom. The summed E-state index contributed by atoms with van der Waals surface area (Å²) in [5.41, 5.74) is 1.69. The summed E-state index contributed by atoms with van der Waals surface area (Å²) in [5.74, 6) is -4.26. The number of ether oxygens (including phenoxy) is 2. The average Bonchev–Trinajstić information content (AvgIpc) is 3.44. The van der Waals surface area contributed by atoms with E-state index in [0.717, 1.165) is 12.7 Å². The van der Waals surface area contributed by atoms with Gasteiger partial charge in [0.15, 0.2) is 0 Å². The molecular weight excluding hydrogens is 427 g/mol. The average molecular weight is 445 g/mol. The fourth-order valence-corrected chi connectivity index (χ4v) is 3.41. The number of fused-ring (bicyclic) bond motifs is 1. The number of halogens is 3. The number of hydrogen-bond acceptors (Lipinski definition) is 5. The van der Waals surface area contributed by atoms with Crippen molar-refractivity contribution in [2.24, 2.45) is 0 Å². The van der Waals surface area contributed by atoms with Gasteiger partial charge in [-0.05, 0) is 29.8 Å². The summed E-state index contributed by atoms with van der Waals surface area (Å²) in [5, 5.41) is 8.54. The number of H-pyrrole nitrogens is 1. The number of aromatic amines is 1. The van der Waals surface area contributed by atoms with Crippen molar-refractivity contribution in [1.29, 1.82) is 0 Å². The lowest BCUT2D eigenvalue weighted by Crippen LogP contribution is -2.61. The second kappa shape index (κ2) is 8.00. The van der Waals surface area contributed by atoms with Gasteiger partial charge in [0, 0.05) is 24.4 Å². The first-order chi connectivity index (χ1) is 15.3. The van der Waals surface area contributed by atoms with Crippen LogP contribution in [-0.4, -0.2) is 46.1 Å². The van der Waals surface area contributed by atoms with Gasteiger partial charge >= 0.3 is 18.0 Å². The van der Waals surface area contributed by atoms with E-state index in [1.54, 1.807) is 42.7 Å². The van der Waals surface area contributed by atoms with Crippen LogP contribution in [0.1, 0.15) is 10.4 Å². The van der Waals surface area contributed by atoms with Crippen molar-refractivity contribution in [1.82, 2.24) is 25.1 Å². The van der Waals surface area contributed by atoms with Crippen LogP contribution in [0.4, 0.5) is 13.2 Å². The number of carbonyl (C=O) groups excluding carboxylic acids is 1. The van der Waals surface area contributed by atoms with Crippen molar-refractivity contribution in [2.45, 2.75) is 12.0 Å². The zero-order valence-corrected chi connectivity index (χ0v) is 17.0. The molecule has 2 aromatic carbocycles. The van der Waals surface area contributed by atoms with Crippen molar-refractivity contribution >= 4 is 16.9 Å². The van der Waals surface area contributed by atoms with Gasteiger partial charge < -0.3 is 9.47 Å². The second-order valence-corrected chi connectivity index (χ2v) is 6.79. The second-order valence-electron chi connectivity index (χ2n) is 6.79. The van der Waals surface area contributed by atoms with Gasteiger partial charge in [-0.3, -0.25) is 15.2 Å². The lowest BCUT2D eigenvalue weighted by Gasteiger charge is -2.36. The Hall–Kier alpha value is -3.86. The molecular formula is C21H18F3N5O3. The van der Waals surface area contributed by atoms with Crippen LogP contribution in [0.25, 0.3) is 22.2 Å². The number of rotatable bonds is 6. The van der Waals surface area contributed by atoms with E-state index in [1.807, 2.05) is 5.32 Å². The summed E-state index contributed by atoms with van der Waals surface area (Å²) in [7, 11) is 2.04. The molecule has 0 saturated heterocycles. The molecule has 0 radical (unpaired) electrons. The Kier molecular flexibility index (Phi) is 5.35. The molecule has 0 spiro atoms. The first-order valence-corrected chi connectivity index (χ1v) is 9.36. The minimum Gasteiger partial charge on any atom is -0.468 e. The highest BCUT2D eigenvalue weighted by Gasteiger charge is 2.61. The van der Waals surface area contributed by atoms with Crippen LogP contribution in [0, 0.1) is 0 Å². The molecule has 0 aliphatic rings. The van der Waals surface area contributed by atoms with Gasteiger partial charge in [-0.1, -0.05) is 24.3 Å². The Labute approximate surface area is 180 Å². The molecule has 0 saturated carbocycles. The molecule has 4 aromatic rings. The van der Waals surface area contributed by atoms with Crippen LogP contribution in [0.15, 0.2) is 60.9 Å². The van der Waals surface area contributed by atoms with E-state index in [-0.39, 0.29) is 16.6 Å². The van der Waals surface area contributed by atoms with E-state index < -0.39 is 23.9 Å². The van der Waals surface area contributed by atoms with Gasteiger partial charge in [0.25, 0.3) is 5.91 Å². The number of nitrogens with zero attached hydrogens (tertiary/aromatic N) is 3. The highest BCUT2D eigenvalue weighted by atomic mass is 19.4. The van der Waals surface area contributed by atoms with Crippen molar-refractivity contribution < 1.29 is 27.4 Å². The fraction of sp³-hybridized carbons (Fsp3) is 0.190. The number of alkyl halides is 3. The molecule has 0 aliphatic heterocycles. The van der Waals surface area contributed by atoms with Gasteiger partial charge in [0.2, 0.25) is 0 Å². The Balaban J connectivity index is 1.90. The molecule has 4 rings (SSSR count). The highest BCUT2D eigenvalue weighted by Crippen LogP contribution is 2.41. The van der Waals surface area contributed by atoms with Crippen LogP contribution in [-0.2, 0) is 10.6 Å². The number of methoxy groups -OCH3 is 2. The molecule has 0 bridgehead atoms. The number of amides is 1. The number of benzene rings is 2. The van der Waals surface area contributed by atoms with E-state index in [2.05, 4.69) is 15.2 Å². The largest absolute Gasteiger partial charge is 0.468 e. The number of aromatic nitrogens is 4. The topological polar surface area (TPSA) is 94.1 Å². The van der Waals surface area contributed by atoms with Gasteiger partial charge in [-0.15, -0.1) is 0 Å². The molecule has 2 N–H and O–H groups in total. The van der Waals surface area contributed by atoms with Gasteiger partial charge in [0.1, 0.15) is 0 Å². The SMILES string of the molecule is COc1nc2cc(-c3cn[nH]c3)ccc2n1C(NC(=O)c1ccccc1)(OC)C(F)(F)F. The lowest BCUT2D eigenvalue weighted by molar-refractivity contribution is -0.317. The number of hydrogen-bond donors (Lipinski definition) is 2. The minimum absolute atomic E-state index is 0.0313. The molecule has 1 atom stereocenters. The van der Waals surface area contributed by atoms with Crippen LogP contribution >= 0.6 is 0 Å². The normalized spacial score (nSPS) is 13.7. The summed E-state index contributed by atoms with van der Waals surface area (Å²) in [4.78, 5) is 16.9. The standard InChI is InChI=1S/C21H18F3N5O3/c1-31-19-27-16-10-14(15-11-25-26-12-15)8-9-17(16)29(19)21(32-2,20(22,23)24)28-18(30)13-6-4-3-5-7-13/h3-12H,1-2H3,(H,25,26)(H,28,30). The van der Waals surface area contributed by atoms with Gasteiger partial charge in [-0.2, -0.15) is 23.3 Å². The smallest absolute Gasteiger partial charge is 0.459 e. The summed E-state index contributed by atoms with van der Waals surface area (Å²) in [6.07, 6.45) is -1.86. The maximum Gasteiger partial charge on any atom is 0.459 e. The molecule has 1 unspecified atom stereocenters. The molecule has 0 fully saturated rings. The summed E-state index contributed by atoms with van der Waals surface area (Å²) < 4.78 is 54.3. The van der Waals surface area contributed by atoms with Gasteiger partial charge in [-0.25, -0.2) is 4.57 Å². The third kappa shape index (κ3) is 3.46. The predicted molar refractivity (Wildman–Crippen MR) is 109 cm³/mol. The summed E-state index contributed by atoms with van der Waals surface area (Å²) in [6.45, 7) is 0. The minimum atomic E-state index is -5.07. The van der Waals surface area contributed by atoms with Crippen molar-refractivity contribution in [3.8, 4) is 17.1 Å². The quantitative estimate of drug-likeness (QED) is 0.442. The monoisotopic (exact) mass is 445 g/mol. The first-order valence-electron chi connectivity index (χ1n) is 9.36. The lowest BCUT2D eigenvalue weighted by atomic mass is 10.1. The number of imidazole rings is 1. The number of nitrogens with one attached hydrogen (secondary N) is 2. The molecule has 32 heavy (non-hydrogen) atoms. The third-order valence-electron chi connectivity index (χ3n) is 4.95. The first kappa shape index (κ1) is 21.4. The maximum atomic E-state index is 14.5. The fourth-order valence-electron chi connectivity index (χ4n) is 3.41. The van der Waals surface area contributed by atoms with Crippen molar-refractivity contribution in [2.75, 3.05) is 14.2 Å². The molecule has 11 heteroatoms. The van der Waals surface area contributed by atoms with E-state index in [9.17, 15) is 18.0 Å². The van der Waals surface area contributed by atoms with Crippen LogP contribution in [0.5, 0.6) is 6.01 Å². The molecule has 166 valence electrons.